The Morgan fingerprint density at radius 2 is 2.23 bits per heavy atom. The Morgan fingerprint density at radius 1 is 1.62 bits per heavy atom. The van der Waals surface area contributed by atoms with Gasteiger partial charge >= 0.3 is 6.18 Å². The summed E-state index contributed by atoms with van der Waals surface area (Å²) in [6.07, 6.45) is -4.83. The standard InChI is InChI=1S/C6H6F3N3O/c1-12-3-10-11-5(12)4(13)2-6(7,8)9/h3H,2H2,1H3. The van der Waals surface area contributed by atoms with E-state index in [2.05, 4.69) is 10.2 Å². The van der Waals surface area contributed by atoms with Gasteiger partial charge in [-0.1, -0.05) is 0 Å². The van der Waals surface area contributed by atoms with Gasteiger partial charge in [0.25, 0.3) is 0 Å². The molecule has 1 heterocycles. The lowest BCUT2D eigenvalue weighted by molar-refractivity contribution is -0.125. The number of hydrogen-bond donors (Lipinski definition) is 0. The summed E-state index contributed by atoms with van der Waals surface area (Å²) in [5.41, 5.74) is 0. The lowest BCUT2D eigenvalue weighted by Gasteiger charge is -2.03. The fourth-order valence-corrected chi connectivity index (χ4v) is 0.797. The molecule has 72 valence electrons. The third-order valence-electron chi connectivity index (χ3n) is 1.32. The number of aryl methyl sites for hydroxylation is 1. The first-order chi connectivity index (χ1) is 5.90. The van der Waals surface area contributed by atoms with Gasteiger partial charge in [-0.3, -0.25) is 4.79 Å². The predicted molar refractivity (Wildman–Crippen MR) is 36.0 cm³/mol. The molecule has 1 aromatic rings. The Bertz CT molecular complexity index is 317. The van der Waals surface area contributed by atoms with Gasteiger partial charge in [0.05, 0.1) is 0 Å². The number of halogens is 3. The van der Waals surface area contributed by atoms with E-state index in [1.807, 2.05) is 0 Å². The highest BCUT2D eigenvalue weighted by Gasteiger charge is 2.33. The van der Waals surface area contributed by atoms with Gasteiger partial charge in [0.15, 0.2) is 5.82 Å². The van der Waals surface area contributed by atoms with Crippen molar-refractivity contribution in [2.24, 2.45) is 7.05 Å². The van der Waals surface area contributed by atoms with Crippen molar-refractivity contribution in [3.63, 3.8) is 0 Å². The first-order valence-electron chi connectivity index (χ1n) is 3.34. The summed E-state index contributed by atoms with van der Waals surface area (Å²) in [5, 5.41) is 6.56. The van der Waals surface area contributed by atoms with E-state index in [4.69, 9.17) is 0 Å². The van der Waals surface area contributed by atoms with Crippen molar-refractivity contribution in [1.82, 2.24) is 14.8 Å². The molecule has 0 saturated carbocycles. The summed E-state index contributed by atoms with van der Waals surface area (Å²) in [6.45, 7) is 0. The molecule has 4 nitrogen and oxygen atoms in total. The van der Waals surface area contributed by atoms with E-state index in [1.54, 1.807) is 0 Å². The number of alkyl halides is 3. The van der Waals surface area contributed by atoms with Crippen LogP contribution in [0, 0.1) is 0 Å². The van der Waals surface area contributed by atoms with Crippen molar-refractivity contribution in [3.8, 4) is 0 Å². The number of rotatable bonds is 2. The second-order valence-electron chi connectivity index (χ2n) is 2.48. The number of nitrogens with zero attached hydrogens (tertiary/aromatic N) is 3. The quantitative estimate of drug-likeness (QED) is 0.657. The number of aromatic nitrogens is 3. The fourth-order valence-electron chi connectivity index (χ4n) is 0.797. The number of hydrogen-bond acceptors (Lipinski definition) is 3. The predicted octanol–water partition coefficient (Wildman–Crippen LogP) is 0.950. The van der Waals surface area contributed by atoms with Crippen LogP contribution < -0.4 is 0 Å². The zero-order valence-corrected chi connectivity index (χ0v) is 6.67. The summed E-state index contributed by atoms with van der Waals surface area (Å²) < 4.78 is 36.4. The highest BCUT2D eigenvalue weighted by atomic mass is 19.4. The van der Waals surface area contributed by atoms with Crippen LogP contribution in [0.1, 0.15) is 17.0 Å². The molecule has 0 fully saturated rings. The zero-order chi connectivity index (χ0) is 10.1. The monoisotopic (exact) mass is 193 g/mol. The van der Waals surface area contributed by atoms with E-state index in [-0.39, 0.29) is 5.82 Å². The minimum Gasteiger partial charge on any atom is -0.314 e. The molecule has 0 N–H and O–H groups in total. The van der Waals surface area contributed by atoms with Crippen LogP contribution >= 0.6 is 0 Å². The summed E-state index contributed by atoms with van der Waals surface area (Å²) in [5.74, 6) is -1.36. The van der Waals surface area contributed by atoms with Crippen molar-refractivity contribution in [2.45, 2.75) is 12.6 Å². The number of carbonyl (C=O) groups excluding carboxylic acids is 1. The molecule has 0 bridgehead atoms. The summed E-state index contributed by atoms with van der Waals surface area (Å²) in [4.78, 5) is 10.9. The van der Waals surface area contributed by atoms with Crippen LogP contribution in [0.5, 0.6) is 0 Å². The van der Waals surface area contributed by atoms with Crippen LogP contribution in [0.3, 0.4) is 0 Å². The first-order valence-corrected chi connectivity index (χ1v) is 3.34. The molecule has 0 aromatic carbocycles. The molecular formula is C6H6F3N3O. The van der Waals surface area contributed by atoms with E-state index in [0.29, 0.717) is 0 Å². The van der Waals surface area contributed by atoms with Crippen LogP contribution in [0.15, 0.2) is 6.33 Å². The van der Waals surface area contributed by atoms with Gasteiger partial charge in [-0.2, -0.15) is 13.2 Å². The minimum absolute atomic E-state index is 0.280. The second kappa shape index (κ2) is 3.15. The Morgan fingerprint density at radius 3 is 2.62 bits per heavy atom. The maximum atomic E-state index is 11.8. The van der Waals surface area contributed by atoms with Crippen LogP contribution in [0.25, 0.3) is 0 Å². The van der Waals surface area contributed by atoms with E-state index in [0.717, 1.165) is 4.57 Å². The fraction of sp³-hybridized carbons (Fsp3) is 0.500. The highest BCUT2D eigenvalue weighted by Crippen LogP contribution is 2.21. The molecule has 0 unspecified atom stereocenters. The third-order valence-corrected chi connectivity index (χ3v) is 1.32. The molecule has 1 aromatic heterocycles. The second-order valence-corrected chi connectivity index (χ2v) is 2.48. The Hall–Kier alpha value is -1.40. The Balaban J connectivity index is 2.76. The molecule has 7 heteroatoms. The molecule has 0 aliphatic rings. The number of carbonyl (C=O) groups is 1. The molecule has 0 amide bonds. The topological polar surface area (TPSA) is 47.8 Å². The van der Waals surface area contributed by atoms with E-state index in [1.165, 1.54) is 13.4 Å². The normalized spacial score (nSPS) is 11.7. The molecule has 1 rings (SSSR count). The van der Waals surface area contributed by atoms with Crippen molar-refractivity contribution in [1.29, 1.82) is 0 Å². The molecule has 0 radical (unpaired) electrons. The molecular weight excluding hydrogens is 187 g/mol. The lowest BCUT2D eigenvalue weighted by atomic mass is 10.2. The lowest BCUT2D eigenvalue weighted by Crippen LogP contribution is -2.17. The summed E-state index contributed by atoms with van der Waals surface area (Å²) in [6, 6.07) is 0. The molecule has 13 heavy (non-hydrogen) atoms. The van der Waals surface area contributed by atoms with Crippen LogP contribution in [0.4, 0.5) is 13.2 Å². The molecule has 0 aliphatic carbocycles. The van der Waals surface area contributed by atoms with Gasteiger partial charge in [-0.15, -0.1) is 10.2 Å². The van der Waals surface area contributed by atoms with Gasteiger partial charge in [-0.05, 0) is 0 Å². The van der Waals surface area contributed by atoms with Gasteiger partial charge in [0.1, 0.15) is 12.7 Å². The van der Waals surface area contributed by atoms with Gasteiger partial charge in [0, 0.05) is 7.05 Å². The average Bonchev–Trinajstić information content (AvgIpc) is 2.30. The summed E-state index contributed by atoms with van der Waals surface area (Å²) in [7, 11) is 1.41. The van der Waals surface area contributed by atoms with Crippen molar-refractivity contribution < 1.29 is 18.0 Å². The third kappa shape index (κ3) is 2.53. The minimum atomic E-state index is -4.50. The Kier molecular flexibility index (Phi) is 2.35. The SMILES string of the molecule is Cn1cnnc1C(=O)CC(F)(F)F. The largest absolute Gasteiger partial charge is 0.396 e. The number of Topliss-reactive ketones (excluding diaryl/α,β-unsaturated/α-hetero) is 1. The highest BCUT2D eigenvalue weighted by molar-refractivity contribution is 5.92. The molecule has 0 aliphatic heterocycles. The van der Waals surface area contributed by atoms with E-state index >= 15 is 0 Å². The van der Waals surface area contributed by atoms with Crippen LogP contribution in [-0.2, 0) is 7.05 Å². The molecule has 0 spiro atoms. The van der Waals surface area contributed by atoms with Crippen molar-refractivity contribution in [3.05, 3.63) is 12.2 Å². The maximum Gasteiger partial charge on any atom is 0.396 e. The molecule has 0 atom stereocenters. The molecule has 0 saturated heterocycles. The first kappa shape index (κ1) is 9.69. The van der Waals surface area contributed by atoms with E-state index in [9.17, 15) is 18.0 Å². The van der Waals surface area contributed by atoms with Gasteiger partial charge in [-0.25, -0.2) is 0 Å². The van der Waals surface area contributed by atoms with Gasteiger partial charge < -0.3 is 4.57 Å². The van der Waals surface area contributed by atoms with Crippen molar-refractivity contribution in [2.75, 3.05) is 0 Å². The Labute approximate surface area is 71.4 Å². The van der Waals surface area contributed by atoms with Crippen LogP contribution in [0.2, 0.25) is 0 Å². The van der Waals surface area contributed by atoms with Crippen LogP contribution in [-0.4, -0.2) is 26.7 Å². The van der Waals surface area contributed by atoms with Gasteiger partial charge in [0.2, 0.25) is 5.78 Å². The zero-order valence-electron chi connectivity index (χ0n) is 6.67. The average molecular weight is 193 g/mol. The maximum absolute atomic E-state index is 11.8. The number of ketones is 1. The van der Waals surface area contributed by atoms with E-state index < -0.39 is 18.4 Å². The smallest absolute Gasteiger partial charge is 0.314 e. The summed E-state index contributed by atoms with van der Waals surface area (Å²) >= 11 is 0. The van der Waals surface area contributed by atoms with Crippen molar-refractivity contribution >= 4 is 5.78 Å².